The molecule has 0 radical (unpaired) electrons. The zero-order chi connectivity index (χ0) is 9.52. The van der Waals surface area contributed by atoms with Crippen molar-refractivity contribution in [3.8, 4) is 0 Å². The molecule has 0 aromatic carbocycles. The lowest BCUT2D eigenvalue weighted by Gasteiger charge is -2.19. The van der Waals surface area contributed by atoms with Gasteiger partial charge in [0, 0.05) is 0 Å². The van der Waals surface area contributed by atoms with Crippen LogP contribution in [-0.2, 0) is 5.54 Å². The Balaban J connectivity index is 3.28. The Hall–Kier alpha value is -0.280. The van der Waals surface area contributed by atoms with E-state index in [0.717, 1.165) is 0 Å². The molecule has 68 valence electrons. The van der Waals surface area contributed by atoms with E-state index in [1.807, 2.05) is 20.8 Å². The predicted molar refractivity (Wildman–Crippen MR) is 47.2 cm³/mol. The van der Waals surface area contributed by atoms with Crippen molar-refractivity contribution >= 4 is 23.2 Å². The molecule has 0 unspecified atom stereocenters. The summed E-state index contributed by atoms with van der Waals surface area (Å²) < 4.78 is 14.3. The molecule has 0 spiro atoms. The monoisotopic (exact) mass is 210 g/mol. The van der Waals surface area contributed by atoms with Gasteiger partial charge < -0.3 is 0 Å². The van der Waals surface area contributed by atoms with Crippen LogP contribution in [0.25, 0.3) is 0 Å². The fourth-order valence-electron chi connectivity index (χ4n) is 0.798. The van der Waals surface area contributed by atoms with Crippen LogP contribution in [0.3, 0.4) is 0 Å². The van der Waals surface area contributed by atoms with E-state index in [1.165, 1.54) is 4.68 Å². The van der Waals surface area contributed by atoms with Gasteiger partial charge >= 0.3 is 0 Å². The summed E-state index contributed by atoms with van der Waals surface area (Å²) in [6.45, 7) is 5.59. The summed E-state index contributed by atoms with van der Waals surface area (Å²) in [4.78, 5) is 0. The largest absolute Gasteiger partial charge is 0.244 e. The summed E-state index contributed by atoms with van der Waals surface area (Å²) in [5.41, 5.74) is -0.356. The van der Waals surface area contributed by atoms with Crippen LogP contribution in [0.4, 0.5) is 4.39 Å². The fraction of sp³-hybridized carbons (Fsp3) is 0.571. The van der Waals surface area contributed by atoms with E-state index >= 15 is 0 Å². The van der Waals surface area contributed by atoms with Crippen molar-refractivity contribution in [2.24, 2.45) is 0 Å². The molecule has 0 saturated carbocycles. The van der Waals surface area contributed by atoms with Crippen LogP contribution in [0.2, 0.25) is 10.3 Å². The molecule has 0 aliphatic heterocycles. The van der Waals surface area contributed by atoms with Crippen LogP contribution in [0.5, 0.6) is 0 Å². The summed E-state index contributed by atoms with van der Waals surface area (Å²) in [7, 11) is 0. The Labute approximate surface area is 80.3 Å². The molecular weight excluding hydrogens is 202 g/mol. The zero-order valence-electron chi connectivity index (χ0n) is 7.03. The van der Waals surface area contributed by atoms with Crippen LogP contribution in [0.1, 0.15) is 20.8 Å². The van der Waals surface area contributed by atoms with Gasteiger partial charge in [-0.2, -0.15) is 5.10 Å². The Morgan fingerprint density at radius 3 is 2.00 bits per heavy atom. The molecule has 0 saturated heterocycles. The first-order valence-corrected chi connectivity index (χ1v) is 4.19. The first kappa shape index (κ1) is 9.81. The van der Waals surface area contributed by atoms with E-state index in [1.54, 1.807) is 0 Å². The van der Waals surface area contributed by atoms with Crippen molar-refractivity contribution in [1.29, 1.82) is 0 Å². The van der Waals surface area contributed by atoms with Crippen molar-refractivity contribution in [1.82, 2.24) is 9.78 Å². The van der Waals surface area contributed by atoms with Crippen molar-refractivity contribution < 1.29 is 4.39 Å². The van der Waals surface area contributed by atoms with E-state index in [9.17, 15) is 4.39 Å². The molecule has 0 aliphatic rings. The smallest absolute Gasteiger partial charge is 0.199 e. The minimum absolute atomic E-state index is 0.0486. The van der Waals surface area contributed by atoms with Crippen LogP contribution >= 0.6 is 23.2 Å². The van der Waals surface area contributed by atoms with Gasteiger partial charge in [-0.3, -0.25) is 0 Å². The maximum Gasteiger partial charge on any atom is 0.199 e. The molecule has 1 aromatic heterocycles. The lowest BCUT2D eigenvalue weighted by Crippen LogP contribution is -2.23. The van der Waals surface area contributed by atoms with Gasteiger partial charge in [-0.1, -0.05) is 23.2 Å². The normalized spacial score (nSPS) is 12.2. The third kappa shape index (κ3) is 1.57. The molecule has 0 aliphatic carbocycles. The molecule has 0 bridgehead atoms. The Bertz CT molecular complexity index is 301. The number of aromatic nitrogens is 2. The predicted octanol–water partition coefficient (Wildman–Crippen LogP) is 3.08. The molecule has 0 fully saturated rings. The minimum atomic E-state index is -0.659. The van der Waals surface area contributed by atoms with Gasteiger partial charge in [-0.05, 0) is 20.8 Å². The van der Waals surface area contributed by atoms with Crippen LogP contribution in [-0.4, -0.2) is 9.78 Å². The summed E-state index contributed by atoms with van der Waals surface area (Å²) >= 11 is 11.1. The SMILES string of the molecule is CC(C)(C)n1nc(Cl)c(F)c1Cl. The summed E-state index contributed by atoms with van der Waals surface area (Å²) in [6, 6.07) is 0. The number of nitrogens with zero attached hydrogens (tertiary/aromatic N) is 2. The summed E-state index contributed by atoms with van der Waals surface area (Å²) in [5, 5.41) is 3.52. The average molecular weight is 211 g/mol. The lowest BCUT2D eigenvalue weighted by atomic mass is 10.1. The summed E-state index contributed by atoms with van der Waals surface area (Å²) in [6.07, 6.45) is 0. The molecule has 0 atom stereocenters. The first-order chi connectivity index (χ1) is 5.34. The molecule has 0 N–H and O–H groups in total. The van der Waals surface area contributed by atoms with E-state index in [2.05, 4.69) is 5.10 Å². The molecule has 5 heteroatoms. The van der Waals surface area contributed by atoms with Crippen molar-refractivity contribution in [3.05, 3.63) is 16.1 Å². The molecule has 1 heterocycles. The number of rotatable bonds is 0. The quantitative estimate of drug-likeness (QED) is 0.644. The van der Waals surface area contributed by atoms with E-state index in [4.69, 9.17) is 23.2 Å². The standard InChI is InChI=1S/C7H9Cl2FN2/c1-7(2,3)12-6(9)4(10)5(8)11-12/h1-3H3. The highest BCUT2D eigenvalue weighted by molar-refractivity contribution is 6.33. The maximum atomic E-state index is 12.9. The Morgan fingerprint density at radius 1 is 1.33 bits per heavy atom. The van der Waals surface area contributed by atoms with Gasteiger partial charge in [0.25, 0.3) is 0 Å². The Morgan fingerprint density at radius 2 is 1.83 bits per heavy atom. The van der Waals surface area contributed by atoms with Crippen molar-refractivity contribution in [2.45, 2.75) is 26.3 Å². The fourth-order valence-corrected chi connectivity index (χ4v) is 1.39. The van der Waals surface area contributed by atoms with E-state index < -0.39 is 5.82 Å². The van der Waals surface area contributed by atoms with Crippen molar-refractivity contribution in [3.63, 3.8) is 0 Å². The van der Waals surface area contributed by atoms with Gasteiger partial charge in [0.05, 0.1) is 5.54 Å². The van der Waals surface area contributed by atoms with Gasteiger partial charge in [0.2, 0.25) is 0 Å². The second-order valence-corrected chi connectivity index (χ2v) is 4.19. The number of hydrogen-bond donors (Lipinski definition) is 0. The average Bonchev–Trinajstić information content (AvgIpc) is 2.15. The number of hydrogen-bond acceptors (Lipinski definition) is 1. The second-order valence-electron chi connectivity index (χ2n) is 3.48. The molecule has 0 amide bonds. The van der Waals surface area contributed by atoms with Crippen LogP contribution < -0.4 is 0 Å². The highest BCUT2D eigenvalue weighted by Gasteiger charge is 2.22. The third-order valence-corrected chi connectivity index (χ3v) is 1.94. The Kier molecular flexibility index (Phi) is 2.36. The van der Waals surface area contributed by atoms with Gasteiger partial charge in [-0.15, -0.1) is 0 Å². The first-order valence-electron chi connectivity index (χ1n) is 3.44. The highest BCUT2D eigenvalue weighted by Crippen LogP contribution is 2.27. The van der Waals surface area contributed by atoms with Crippen LogP contribution in [0.15, 0.2) is 0 Å². The maximum absolute atomic E-state index is 12.9. The molecule has 1 rings (SSSR count). The zero-order valence-corrected chi connectivity index (χ0v) is 8.54. The van der Waals surface area contributed by atoms with E-state index in [-0.39, 0.29) is 15.8 Å². The van der Waals surface area contributed by atoms with Gasteiger partial charge in [0.1, 0.15) is 0 Å². The highest BCUT2D eigenvalue weighted by atomic mass is 35.5. The third-order valence-electron chi connectivity index (χ3n) is 1.37. The van der Waals surface area contributed by atoms with Gasteiger partial charge in [-0.25, -0.2) is 9.07 Å². The molecule has 12 heavy (non-hydrogen) atoms. The van der Waals surface area contributed by atoms with Crippen LogP contribution in [0, 0.1) is 5.82 Å². The summed E-state index contributed by atoms with van der Waals surface area (Å²) in [5.74, 6) is -0.659. The van der Waals surface area contributed by atoms with Gasteiger partial charge in [0.15, 0.2) is 16.1 Å². The van der Waals surface area contributed by atoms with E-state index in [0.29, 0.717) is 0 Å². The minimum Gasteiger partial charge on any atom is -0.244 e. The van der Waals surface area contributed by atoms with Crippen molar-refractivity contribution in [2.75, 3.05) is 0 Å². The lowest BCUT2D eigenvalue weighted by molar-refractivity contribution is 0.355. The topological polar surface area (TPSA) is 17.8 Å². The molecule has 2 nitrogen and oxygen atoms in total. The second kappa shape index (κ2) is 2.89. The molecular formula is C7H9Cl2FN2. The number of halogens is 3. The molecule has 1 aromatic rings.